The van der Waals surface area contributed by atoms with Gasteiger partial charge in [-0.1, -0.05) is 48.0 Å². The zero-order chi connectivity index (χ0) is 24.1. The lowest BCUT2D eigenvalue weighted by molar-refractivity contribution is 0.0956. The van der Waals surface area contributed by atoms with Gasteiger partial charge in [-0.2, -0.15) is 5.10 Å². The summed E-state index contributed by atoms with van der Waals surface area (Å²) in [5, 5.41) is 16.0. The number of nitrogens with zero attached hydrogens (tertiary/aromatic N) is 3. The van der Waals surface area contributed by atoms with Crippen molar-refractivity contribution in [3.63, 3.8) is 0 Å². The number of aromatic hydroxyl groups is 1. The molecule has 1 amide bonds. The zero-order valence-corrected chi connectivity index (χ0v) is 20.0. The van der Waals surface area contributed by atoms with Crippen molar-refractivity contribution in [1.29, 1.82) is 0 Å². The molecule has 2 N–H and O–H groups in total. The van der Waals surface area contributed by atoms with Gasteiger partial charge in [-0.15, -0.1) is 0 Å². The Morgan fingerprint density at radius 3 is 2.56 bits per heavy atom. The van der Waals surface area contributed by atoms with Gasteiger partial charge in [0, 0.05) is 59.1 Å². The number of anilines is 1. The first-order chi connectivity index (χ1) is 16.5. The molecule has 1 heterocycles. The number of fused-ring (bicyclic) bond motifs is 1. The molecular weight excluding hydrogens is 448 g/mol. The Labute approximate surface area is 204 Å². The van der Waals surface area contributed by atoms with E-state index in [-0.39, 0.29) is 11.7 Å². The number of halogens is 1. The number of aromatic nitrogens is 1. The van der Waals surface area contributed by atoms with Gasteiger partial charge in [0.2, 0.25) is 0 Å². The topological polar surface area (TPSA) is 69.9 Å². The monoisotopic (exact) mass is 474 g/mol. The van der Waals surface area contributed by atoms with E-state index >= 15 is 0 Å². The summed E-state index contributed by atoms with van der Waals surface area (Å²) in [7, 11) is 0. The third kappa shape index (κ3) is 4.92. The van der Waals surface area contributed by atoms with E-state index in [1.165, 1.54) is 6.21 Å². The molecule has 0 fully saturated rings. The molecule has 34 heavy (non-hydrogen) atoms. The fourth-order valence-electron chi connectivity index (χ4n) is 4.02. The van der Waals surface area contributed by atoms with Crippen LogP contribution in [-0.4, -0.2) is 34.9 Å². The van der Waals surface area contributed by atoms with Gasteiger partial charge in [0.15, 0.2) is 0 Å². The van der Waals surface area contributed by atoms with Gasteiger partial charge < -0.3 is 14.6 Å². The van der Waals surface area contributed by atoms with Gasteiger partial charge in [-0.05, 0) is 43.7 Å². The van der Waals surface area contributed by atoms with Crippen LogP contribution < -0.4 is 10.3 Å². The number of amides is 1. The van der Waals surface area contributed by atoms with Gasteiger partial charge in [0.25, 0.3) is 5.91 Å². The smallest absolute Gasteiger partial charge is 0.273 e. The Morgan fingerprint density at radius 2 is 1.82 bits per heavy atom. The molecule has 4 aromatic rings. The van der Waals surface area contributed by atoms with E-state index in [0.29, 0.717) is 22.7 Å². The molecule has 0 unspecified atom stereocenters. The van der Waals surface area contributed by atoms with Gasteiger partial charge in [-0.25, -0.2) is 5.43 Å². The van der Waals surface area contributed by atoms with Gasteiger partial charge in [-0.3, -0.25) is 4.79 Å². The number of hydrogen-bond donors (Lipinski definition) is 2. The summed E-state index contributed by atoms with van der Waals surface area (Å²) in [6, 6.07) is 20.8. The standard InChI is InChI=1S/C27H27ClN4O2/c1-3-31(4-2)21-14-13-19(26(33)15-21)16-29-30-27(34)23-18-32(25-12-8-6-10-22(23)25)17-20-9-5-7-11-24(20)28/h5-16,18,33H,3-4,17H2,1-2H3,(H,30,34). The quantitative estimate of drug-likeness (QED) is 0.256. The second kappa shape index (κ2) is 10.4. The SMILES string of the molecule is CCN(CC)c1ccc(C=NNC(=O)c2cn(Cc3ccccc3Cl)c3ccccc23)c(O)c1. The predicted octanol–water partition coefficient (Wildman–Crippen LogP) is 5.66. The molecule has 0 bridgehead atoms. The van der Waals surface area contributed by atoms with Crippen LogP contribution in [0.3, 0.4) is 0 Å². The predicted molar refractivity (Wildman–Crippen MR) is 139 cm³/mol. The molecule has 0 spiro atoms. The first kappa shape index (κ1) is 23.4. The normalized spacial score (nSPS) is 11.3. The highest BCUT2D eigenvalue weighted by molar-refractivity contribution is 6.31. The van der Waals surface area contributed by atoms with Crippen LogP contribution in [0.15, 0.2) is 78.0 Å². The molecule has 0 aliphatic rings. The van der Waals surface area contributed by atoms with Crippen LogP contribution in [0.1, 0.15) is 35.3 Å². The van der Waals surface area contributed by atoms with Crippen LogP contribution in [0.5, 0.6) is 5.75 Å². The van der Waals surface area contributed by atoms with Crippen LogP contribution in [0, 0.1) is 0 Å². The van der Waals surface area contributed by atoms with Gasteiger partial charge in [0.05, 0.1) is 11.8 Å². The number of para-hydroxylation sites is 1. The number of hydrazone groups is 1. The Balaban J connectivity index is 1.54. The lowest BCUT2D eigenvalue weighted by Gasteiger charge is -2.21. The highest BCUT2D eigenvalue weighted by Crippen LogP contribution is 2.25. The van der Waals surface area contributed by atoms with E-state index in [2.05, 4.69) is 29.3 Å². The number of phenolic OH excluding ortho intramolecular Hbond substituents is 1. The Bertz CT molecular complexity index is 1340. The molecule has 3 aromatic carbocycles. The number of rotatable bonds is 8. The van der Waals surface area contributed by atoms with E-state index in [9.17, 15) is 9.90 Å². The van der Waals surface area contributed by atoms with E-state index in [1.54, 1.807) is 12.1 Å². The minimum Gasteiger partial charge on any atom is -0.507 e. The Morgan fingerprint density at radius 1 is 1.09 bits per heavy atom. The van der Waals surface area contributed by atoms with E-state index in [1.807, 2.05) is 65.4 Å². The second-order valence-electron chi connectivity index (χ2n) is 7.89. The molecule has 0 aliphatic carbocycles. The van der Waals surface area contributed by atoms with Crippen LogP contribution >= 0.6 is 11.6 Å². The maximum absolute atomic E-state index is 13.0. The van der Waals surface area contributed by atoms with Crippen LogP contribution in [-0.2, 0) is 6.54 Å². The summed E-state index contributed by atoms with van der Waals surface area (Å²) >= 11 is 6.34. The Kier molecular flexibility index (Phi) is 7.18. The molecule has 0 radical (unpaired) electrons. The van der Waals surface area contributed by atoms with Crippen molar-refractivity contribution in [2.24, 2.45) is 5.10 Å². The molecule has 4 rings (SSSR count). The van der Waals surface area contributed by atoms with Gasteiger partial charge in [0.1, 0.15) is 5.75 Å². The van der Waals surface area contributed by atoms with Crippen molar-refractivity contribution in [3.8, 4) is 5.75 Å². The lowest BCUT2D eigenvalue weighted by Crippen LogP contribution is -2.21. The summed E-state index contributed by atoms with van der Waals surface area (Å²) in [6.07, 6.45) is 3.26. The van der Waals surface area contributed by atoms with Crippen molar-refractivity contribution in [2.45, 2.75) is 20.4 Å². The highest BCUT2D eigenvalue weighted by Gasteiger charge is 2.15. The van der Waals surface area contributed by atoms with Crippen molar-refractivity contribution in [1.82, 2.24) is 9.99 Å². The van der Waals surface area contributed by atoms with Crippen LogP contribution in [0.2, 0.25) is 5.02 Å². The summed E-state index contributed by atoms with van der Waals surface area (Å²) in [5.74, 6) is -0.219. The van der Waals surface area contributed by atoms with Gasteiger partial charge >= 0.3 is 0 Å². The van der Waals surface area contributed by atoms with Crippen molar-refractivity contribution in [3.05, 3.63) is 94.6 Å². The molecule has 174 valence electrons. The van der Waals surface area contributed by atoms with E-state index in [4.69, 9.17) is 11.6 Å². The fourth-order valence-corrected chi connectivity index (χ4v) is 4.21. The largest absolute Gasteiger partial charge is 0.507 e. The summed E-state index contributed by atoms with van der Waals surface area (Å²) in [5.41, 5.74) is 6.47. The van der Waals surface area contributed by atoms with E-state index < -0.39 is 0 Å². The first-order valence-electron chi connectivity index (χ1n) is 11.2. The minimum atomic E-state index is -0.329. The number of carbonyl (C=O) groups is 1. The fraction of sp³-hybridized carbons (Fsp3) is 0.185. The molecule has 0 saturated heterocycles. The average Bonchev–Trinajstić information content (AvgIpc) is 3.21. The third-order valence-corrected chi connectivity index (χ3v) is 6.21. The molecule has 7 heteroatoms. The maximum Gasteiger partial charge on any atom is 0.273 e. The van der Waals surface area contributed by atoms with Crippen LogP contribution in [0.25, 0.3) is 10.9 Å². The number of nitrogens with one attached hydrogen (secondary N) is 1. The highest BCUT2D eigenvalue weighted by atomic mass is 35.5. The third-order valence-electron chi connectivity index (χ3n) is 5.84. The van der Waals surface area contributed by atoms with Crippen molar-refractivity contribution >= 4 is 40.3 Å². The average molecular weight is 475 g/mol. The molecule has 0 atom stereocenters. The number of hydrogen-bond acceptors (Lipinski definition) is 4. The molecule has 1 aromatic heterocycles. The number of carbonyl (C=O) groups excluding carboxylic acids is 1. The number of phenols is 1. The van der Waals surface area contributed by atoms with E-state index in [0.717, 1.165) is 35.2 Å². The molecular formula is C27H27ClN4O2. The maximum atomic E-state index is 13.0. The lowest BCUT2D eigenvalue weighted by atomic mass is 10.1. The van der Waals surface area contributed by atoms with Crippen molar-refractivity contribution < 1.29 is 9.90 Å². The minimum absolute atomic E-state index is 0.110. The second-order valence-corrected chi connectivity index (χ2v) is 8.30. The summed E-state index contributed by atoms with van der Waals surface area (Å²) in [6.45, 7) is 6.38. The first-order valence-corrected chi connectivity index (χ1v) is 11.6. The molecule has 0 aliphatic heterocycles. The Hall–Kier alpha value is -3.77. The summed E-state index contributed by atoms with van der Waals surface area (Å²) < 4.78 is 2.01. The van der Waals surface area contributed by atoms with Crippen LogP contribution in [0.4, 0.5) is 5.69 Å². The summed E-state index contributed by atoms with van der Waals surface area (Å²) in [4.78, 5) is 15.1. The molecule has 0 saturated carbocycles. The number of benzene rings is 3. The molecule has 6 nitrogen and oxygen atoms in total. The zero-order valence-electron chi connectivity index (χ0n) is 19.2. The van der Waals surface area contributed by atoms with Crippen molar-refractivity contribution in [2.75, 3.05) is 18.0 Å².